The lowest BCUT2D eigenvalue weighted by molar-refractivity contribution is -0.116. The van der Waals surface area contributed by atoms with Gasteiger partial charge in [0.25, 0.3) is 0 Å². The molecule has 1 aliphatic heterocycles. The number of hydrogen-bond donors (Lipinski definition) is 2. The van der Waals surface area contributed by atoms with Crippen LogP contribution in [0.2, 0.25) is 5.02 Å². The predicted octanol–water partition coefficient (Wildman–Crippen LogP) is 2.70. The van der Waals surface area contributed by atoms with Crippen molar-refractivity contribution in [3.63, 3.8) is 0 Å². The van der Waals surface area contributed by atoms with Crippen molar-refractivity contribution in [2.24, 2.45) is 5.73 Å². The lowest BCUT2D eigenvalue weighted by Gasteiger charge is -2.31. The van der Waals surface area contributed by atoms with Gasteiger partial charge in [0.1, 0.15) is 0 Å². The van der Waals surface area contributed by atoms with Crippen molar-refractivity contribution in [2.75, 3.05) is 43.1 Å². The van der Waals surface area contributed by atoms with Crippen LogP contribution in [0.3, 0.4) is 0 Å². The molecule has 0 saturated carbocycles. The standard InChI is InChI=1S/C14H20ClN3O2.2ClH/c15-11-3-1-4-12(17-13(19)5-2-6-16)14(11)18-7-9-20-10-8-18;;/h1,3-4H,2,5-10,16H2,(H,17,19);2*1H. The van der Waals surface area contributed by atoms with Crippen molar-refractivity contribution >= 4 is 53.7 Å². The molecule has 2 rings (SSSR count). The zero-order valence-corrected chi connectivity index (χ0v) is 14.6. The van der Waals surface area contributed by atoms with Crippen molar-refractivity contribution < 1.29 is 9.53 Å². The van der Waals surface area contributed by atoms with Crippen LogP contribution in [-0.2, 0) is 9.53 Å². The van der Waals surface area contributed by atoms with E-state index >= 15 is 0 Å². The molecule has 1 aromatic rings. The molecule has 1 amide bonds. The van der Waals surface area contributed by atoms with Crippen molar-refractivity contribution in [3.8, 4) is 0 Å². The van der Waals surface area contributed by atoms with E-state index in [2.05, 4.69) is 10.2 Å². The van der Waals surface area contributed by atoms with Crippen LogP contribution in [0, 0.1) is 0 Å². The molecule has 126 valence electrons. The number of para-hydroxylation sites is 1. The Kier molecular flexibility index (Phi) is 10.6. The molecule has 0 radical (unpaired) electrons. The van der Waals surface area contributed by atoms with Crippen LogP contribution in [0.15, 0.2) is 18.2 Å². The lowest BCUT2D eigenvalue weighted by atomic mass is 10.2. The normalized spacial score (nSPS) is 13.8. The van der Waals surface area contributed by atoms with Crippen molar-refractivity contribution in [1.29, 1.82) is 0 Å². The van der Waals surface area contributed by atoms with Crippen LogP contribution in [-0.4, -0.2) is 38.8 Å². The number of morpholine rings is 1. The summed E-state index contributed by atoms with van der Waals surface area (Å²) in [5, 5.41) is 3.56. The Labute approximate surface area is 148 Å². The van der Waals surface area contributed by atoms with Gasteiger partial charge in [0.15, 0.2) is 0 Å². The van der Waals surface area contributed by atoms with Crippen LogP contribution in [0.5, 0.6) is 0 Å². The molecule has 3 N–H and O–H groups in total. The first-order valence-corrected chi connectivity index (χ1v) is 7.21. The molecule has 0 spiro atoms. The third-order valence-corrected chi connectivity index (χ3v) is 3.50. The number of benzene rings is 1. The summed E-state index contributed by atoms with van der Waals surface area (Å²) in [6.07, 6.45) is 1.10. The number of hydrogen-bond acceptors (Lipinski definition) is 4. The highest BCUT2D eigenvalue weighted by atomic mass is 35.5. The molecule has 1 aromatic carbocycles. The number of anilines is 2. The van der Waals surface area contributed by atoms with E-state index in [9.17, 15) is 4.79 Å². The van der Waals surface area contributed by atoms with Crippen LogP contribution >= 0.6 is 36.4 Å². The molecule has 0 aliphatic carbocycles. The minimum absolute atomic E-state index is 0. The van der Waals surface area contributed by atoms with Gasteiger partial charge >= 0.3 is 0 Å². The highest BCUT2D eigenvalue weighted by Crippen LogP contribution is 2.34. The quantitative estimate of drug-likeness (QED) is 0.836. The average Bonchev–Trinajstić information content (AvgIpc) is 2.46. The topological polar surface area (TPSA) is 67.6 Å². The molecule has 1 aliphatic rings. The van der Waals surface area contributed by atoms with Gasteiger partial charge < -0.3 is 20.7 Å². The largest absolute Gasteiger partial charge is 0.378 e. The molecular formula is C14H22Cl3N3O2. The van der Waals surface area contributed by atoms with E-state index in [1.54, 1.807) is 0 Å². The molecule has 1 fully saturated rings. The van der Waals surface area contributed by atoms with Gasteiger partial charge in [0.2, 0.25) is 5.91 Å². The smallest absolute Gasteiger partial charge is 0.224 e. The second-order valence-corrected chi connectivity index (χ2v) is 5.08. The monoisotopic (exact) mass is 369 g/mol. The van der Waals surface area contributed by atoms with Crippen LogP contribution < -0.4 is 16.0 Å². The molecule has 5 nitrogen and oxygen atoms in total. The maximum absolute atomic E-state index is 11.9. The predicted molar refractivity (Wildman–Crippen MR) is 95.9 cm³/mol. The molecule has 0 atom stereocenters. The Morgan fingerprint density at radius 3 is 2.64 bits per heavy atom. The van der Waals surface area contributed by atoms with E-state index in [1.165, 1.54) is 0 Å². The van der Waals surface area contributed by atoms with Gasteiger partial charge in [-0.1, -0.05) is 17.7 Å². The summed E-state index contributed by atoms with van der Waals surface area (Å²) >= 11 is 6.30. The van der Waals surface area contributed by atoms with E-state index in [-0.39, 0.29) is 30.7 Å². The number of rotatable bonds is 5. The maximum atomic E-state index is 11.9. The maximum Gasteiger partial charge on any atom is 0.224 e. The average molecular weight is 371 g/mol. The van der Waals surface area contributed by atoms with E-state index < -0.39 is 0 Å². The van der Waals surface area contributed by atoms with Crippen LogP contribution in [0.4, 0.5) is 11.4 Å². The number of nitrogens with zero attached hydrogens (tertiary/aromatic N) is 1. The first kappa shape index (κ1) is 21.3. The minimum Gasteiger partial charge on any atom is -0.378 e. The summed E-state index contributed by atoms with van der Waals surface area (Å²) in [5.74, 6) is -0.0350. The fourth-order valence-electron chi connectivity index (χ4n) is 2.20. The second kappa shape index (κ2) is 10.9. The number of carbonyl (C=O) groups is 1. The van der Waals surface area contributed by atoms with E-state index in [1.807, 2.05) is 18.2 Å². The second-order valence-electron chi connectivity index (χ2n) is 4.68. The number of carbonyl (C=O) groups excluding carboxylic acids is 1. The summed E-state index contributed by atoms with van der Waals surface area (Å²) in [6.45, 7) is 3.40. The first-order chi connectivity index (χ1) is 9.72. The van der Waals surface area contributed by atoms with E-state index in [4.69, 9.17) is 22.1 Å². The van der Waals surface area contributed by atoms with E-state index in [0.29, 0.717) is 37.6 Å². The fourth-order valence-corrected chi connectivity index (χ4v) is 2.49. The SMILES string of the molecule is Cl.Cl.NCCCC(=O)Nc1cccc(Cl)c1N1CCOCC1. The Bertz CT molecular complexity index is 469. The highest BCUT2D eigenvalue weighted by molar-refractivity contribution is 6.34. The Morgan fingerprint density at radius 2 is 2.00 bits per heavy atom. The third-order valence-electron chi connectivity index (χ3n) is 3.20. The zero-order chi connectivity index (χ0) is 14.4. The van der Waals surface area contributed by atoms with E-state index in [0.717, 1.165) is 24.5 Å². The Hall–Kier alpha value is -0.720. The molecule has 8 heteroatoms. The summed E-state index contributed by atoms with van der Waals surface area (Å²) in [7, 11) is 0. The number of nitrogens with two attached hydrogens (primary N) is 1. The van der Waals surface area contributed by atoms with Gasteiger partial charge in [-0.05, 0) is 25.1 Å². The number of ether oxygens (including phenoxy) is 1. The third kappa shape index (κ3) is 5.82. The van der Waals surface area contributed by atoms with Gasteiger partial charge in [0.05, 0.1) is 29.6 Å². The molecule has 0 unspecified atom stereocenters. The lowest BCUT2D eigenvalue weighted by Crippen LogP contribution is -2.37. The summed E-state index contributed by atoms with van der Waals surface area (Å²) < 4.78 is 5.35. The first-order valence-electron chi connectivity index (χ1n) is 6.83. The molecular weight excluding hydrogens is 349 g/mol. The summed E-state index contributed by atoms with van der Waals surface area (Å²) in [6, 6.07) is 5.55. The van der Waals surface area contributed by atoms with Gasteiger partial charge in [-0.2, -0.15) is 0 Å². The van der Waals surface area contributed by atoms with Crippen molar-refractivity contribution in [1.82, 2.24) is 0 Å². The molecule has 0 aromatic heterocycles. The Morgan fingerprint density at radius 1 is 1.32 bits per heavy atom. The highest BCUT2D eigenvalue weighted by Gasteiger charge is 2.18. The van der Waals surface area contributed by atoms with Gasteiger partial charge in [-0.25, -0.2) is 0 Å². The van der Waals surface area contributed by atoms with Crippen LogP contribution in [0.25, 0.3) is 0 Å². The van der Waals surface area contributed by atoms with Crippen LogP contribution in [0.1, 0.15) is 12.8 Å². The Balaban J connectivity index is 0.00000220. The molecule has 22 heavy (non-hydrogen) atoms. The molecule has 1 heterocycles. The molecule has 0 bridgehead atoms. The number of nitrogens with one attached hydrogen (secondary N) is 1. The summed E-state index contributed by atoms with van der Waals surface area (Å²) in [5.41, 5.74) is 7.04. The summed E-state index contributed by atoms with van der Waals surface area (Å²) in [4.78, 5) is 14.0. The van der Waals surface area contributed by atoms with Gasteiger partial charge in [-0.15, -0.1) is 24.8 Å². The van der Waals surface area contributed by atoms with Gasteiger partial charge in [-0.3, -0.25) is 4.79 Å². The molecule has 1 saturated heterocycles. The minimum atomic E-state index is -0.0350. The van der Waals surface area contributed by atoms with Crippen molar-refractivity contribution in [2.45, 2.75) is 12.8 Å². The number of amides is 1. The van der Waals surface area contributed by atoms with Crippen molar-refractivity contribution in [3.05, 3.63) is 23.2 Å². The fraction of sp³-hybridized carbons (Fsp3) is 0.500. The van der Waals surface area contributed by atoms with Gasteiger partial charge in [0, 0.05) is 19.5 Å². The zero-order valence-electron chi connectivity index (χ0n) is 12.2. The number of halogens is 3.